The molecule has 8 nitrogen and oxygen atoms in total. The number of aromatic nitrogens is 2. The Morgan fingerprint density at radius 1 is 1.28 bits per heavy atom. The highest BCUT2D eigenvalue weighted by molar-refractivity contribution is 9.10. The van der Waals surface area contributed by atoms with E-state index < -0.39 is 0 Å². The second-order valence-corrected chi connectivity index (χ2v) is 8.51. The number of furan rings is 1. The molecule has 2 aromatic heterocycles. The molecular weight excluding hydrogens is 440 g/mol. The minimum Gasteiger partial charge on any atom is -0.449 e. The summed E-state index contributed by atoms with van der Waals surface area (Å²) in [6, 6.07) is 5.60. The standard InChI is InChI=1S/C20H21BrN4O4/c21-13-1-2-15-14(9-13)17-18(29-15)19(26)23-16(22-17)11-24-4-3-12(10-24)20(27)25-5-7-28-8-6-25/h1-2,9,12H,3-8,10-11H2,(H,22,23,26). The second kappa shape index (κ2) is 7.55. The van der Waals surface area contributed by atoms with Gasteiger partial charge in [0, 0.05) is 29.5 Å². The van der Waals surface area contributed by atoms with Crippen LogP contribution in [0, 0.1) is 5.92 Å². The van der Waals surface area contributed by atoms with Gasteiger partial charge < -0.3 is 19.0 Å². The van der Waals surface area contributed by atoms with E-state index in [0.717, 1.165) is 22.8 Å². The second-order valence-electron chi connectivity index (χ2n) is 7.59. The highest BCUT2D eigenvalue weighted by Crippen LogP contribution is 2.28. The summed E-state index contributed by atoms with van der Waals surface area (Å²) < 4.78 is 11.9. The van der Waals surface area contributed by atoms with Crippen LogP contribution in [0.1, 0.15) is 12.2 Å². The minimum absolute atomic E-state index is 0.00531. The zero-order valence-corrected chi connectivity index (χ0v) is 17.4. The predicted octanol–water partition coefficient (Wildman–Crippen LogP) is 2.11. The van der Waals surface area contributed by atoms with Gasteiger partial charge in [-0.25, -0.2) is 4.98 Å². The average Bonchev–Trinajstić information content (AvgIpc) is 3.33. The molecule has 1 atom stereocenters. The predicted molar refractivity (Wildman–Crippen MR) is 111 cm³/mol. The molecule has 0 radical (unpaired) electrons. The topological polar surface area (TPSA) is 91.7 Å². The van der Waals surface area contributed by atoms with E-state index in [0.29, 0.717) is 56.3 Å². The number of hydrogen-bond donors (Lipinski definition) is 1. The van der Waals surface area contributed by atoms with Crippen molar-refractivity contribution >= 4 is 43.9 Å². The van der Waals surface area contributed by atoms with Crippen LogP contribution in [0.4, 0.5) is 0 Å². The SMILES string of the molecule is O=C(C1CCN(Cc2nc3c(oc4ccc(Br)cc43)c(=O)[nH]2)C1)N1CCOCC1. The van der Waals surface area contributed by atoms with Gasteiger partial charge in [0.05, 0.1) is 25.7 Å². The first-order valence-electron chi connectivity index (χ1n) is 9.78. The molecule has 2 aliphatic heterocycles. The highest BCUT2D eigenvalue weighted by atomic mass is 79.9. The van der Waals surface area contributed by atoms with Gasteiger partial charge in [0.1, 0.15) is 16.9 Å². The van der Waals surface area contributed by atoms with Gasteiger partial charge in [-0.05, 0) is 31.2 Å². The van der Waals surface area contributed by atoms with Crippen LogP contribution in [0.25, 0.3) is 22.1 Å². The summed E-state index contributed by atoms with van der Waals surface area (Å²) in [5.74, 6) is 0.789. The molecule has 9 heteroatoms. The monoisotopic (exact) mass is 460 g/mol. The lowest BCUT2D eigenvalue weighted by Crippen LogP contribution is -2.44. The van der Waals surface area contributed by atoms with E-state index in [1.807, 2.05) is 23.1 Å². The van der Waals surface area contributed by atoms with Gasteiger partial charge in [-0.2, -0.15) is 0 Å². The summed E-state index contributed by atoms with van der Waals surface area (Å²) in [5, 5.41) is 0.809. The van der Waals surface area contributed by atoms with Gasteiger partial charge in [0.15, 0.2) is 0 Å². The van der Waals surface area contributed by atoms with E-state index in [2.05, 4.69) is 30.8 Å². The molecule has 0 bridgehead atoms. The van der Waals surface area contributed by atoms with Crippen LogP contribution in [-0.2, 0) is 16.1 Å². The third-order valence-corrected chi connectivity index (χ3v) is 6.15. The van der Waals surface area contributed by atoms with Crippen molar-refractivity contribution < 1.29 is 13.9 Å². The summed E-state index contributed by atoms with van der Waals surface area (Å²) in [5.41, 5.74) is 1.16. The van der Waals surface area contributed by atoms with E-state index >= 15 is 0 Å². The number of H-pyrrole nitrogens is 1. The van der Waals surface area contributed by atoms with Crippen molar-refractivity contribution in [1.82, 2.24) is 19.8 Å². The lowest BCUT2D eigenvalue weighted by atomic mass is 10.1. The van der Waals surface area contributed by atoms with E-state index in [1.54, 1.807) is 0 Å². The fourth-order valence-electron chi connectivity index (χ4n) is 4.18. The Morgan fingerprint density at radius 2 is 2.10 bits per heavy atom. The van der Waals surface area contributed by atoms with Crippen LogP contribution in [0.2, 0.25) is 0 Å². The number of carbonyl (C=O) groups excluding carboxylic acids is 1. The quantitative estimate of drug-likeness (QED) is 0.643. The number of amides is 1. The van der Waals surface area contributed by atoms with Gasteiger partial charge in [-0.1, -0.05) is 15.9 Å². The van der Waals surface area contributed by atoms with E-state index in [1.165, 1.54) is 0 Å². The molecule has 1 aromatic carbocycles. The van der Waals surface area contributed by atoms with Crippen LogP contribution >= 0.6 is 15.9 Å². The number of carbonyl (C=O) groups is 1. The molecule has 1 N–H and O–H groups in total. The number of nitrogens with zero attached hydrogens (tertiary/aromatic N) is 3. The molecular formula is C20H21BrN4O4. The fraction of sp³-hybridized carbons (Fsp3) is 0.450. The molecule has 5 rings (SSSR count). The number of fused-ring (bicyclic) bond motifs is 3. The molecule has 3 aromatic rings. The minimum atomic E-state index is -0.280. The van der Waals surface area contributed by atoms with Crippen molar-refractivity contribution in [2.24, 2.45) is 5.92 Å². The molecule has 0 saturated carbocycles. The number of ether oxygens (including phenoxy) is 1. The molecule has 0 spiro atoms. The van der Waals surface area contributed by atoms with Crippen LogP contribution in [0.15, 0.2) is 31.9 Å². The summed E-state index contributed by atoms with van der Waals surface area (Å²) in [4.78, 5) is 36.8. The van der Waals surface area contributed by atoms with Crippen molar-refractivity contribution in [1.29, 1.82) is 0 Å². The molecule has 2 fully saturated rings. The third kappa shape index (κ3) is 3.58. The lowest BCUT2D eigenvalue weighted by Gasteiger charge is -2.29. The number of aromatic amines is 1. The normalized spacial score (nSPS) is 20.7. The smallest absolute Gasteiger partial charge is 0.294 e. The fourth-order valence-corrected chi connectivity index (χ4v) is 4.54. The molecule has 29 heavy (non-hydrogen) atoms. The van der Waals surface area contributed by atoms with Crippen LogP contribution in [-0.4, -0.2) is 65.1 Å². The molecule has 0 aliphatic carbocycles. The maximum atomic E-state index is 12.7. The Labute approximate surface area is 174 Å². The zero-order valence-electron chi connectivity index (χ0n) is 15.8. The third-order valence-electron chi connectivity index (χ3n) is 5.65. The molecule has 4 heterocycles. The van der Waals surface area contributed by atoms with Crippen molar-refractivity contribution in [3.63, 3.8) is 0 Å². The maximum absolute atomic E-state index is 12.7. The summed E-state index contributed by atoms with van der Waals surface area (Å²) in [6.07, 6.45) is 0.824. The Kier molecular flexibility index (Phi) is 4.89. The van der Waals surface area contributed by atoms with Crippen molar-refractivity contribution in [3.05, 3.63) is 38.9 Å². The van der Waals surface area contributed by atoms with Crippen LogP contribution < -0.4 is 5.56 Å². The molecule has 1 unspecified atom stereocenters. The largest absolute Gasteiger partial charge is 0.449 e. The molecule has 152 valence electrons. The first-order chi connectivity index (χ1) is 14.1. The van der Waals surface area contributed by atoms with Gasteiger partial charge >= 0.3 is 0 Å². The Bertz CT molecular complexity index is 1130. The van der Waals surface area contributed by atoms with Crippen molar-refractivity contribution in [2.75, 3.05) is 39.4 Å². The number of hydrogen-bond acceptors (Lipinski definition) is 6. The first kappa shape index (κ1) is 18.8. The Hall–Kier alpha value is -2.23. The summed E-state index contributed by atoms with van der Waals surface area (Å²) in [7, 11) is 0. The van der Waals surface area contributed by atoms with Crippen molar-refractivity contribution in [3.8, 4) is 0 Å². The van der Waals surface area contributed by atoms with E-state index in [9.17, 15) is 9.59 Å². The number of rotatable bonds is 3. The number of morpholine rings is 1. The van der Waals surface area contributed by atoms with Gasteiger partial charge in [-0.15, -0.1) is 0 Å². The van der Waals surface area contributed by atoms with Crippen LogP contribution in [0.3, 0.4) is 0 Å². The number of halogens is 1. The van der Waals surface area contributed by atoms with Gasteiger partial charge in [0.2, 0.25) is 11.5 Å². The average molecular weight is 461 g/mol. The first-order valence-corrected chi connectivity index (χ1v) is 10.6. The maximum Gasteiger partial charge on any atom is 0.294 e. The summed E-state index contributed by atoms with van der Waals surface area (Å²) in [6.45, 7) is 4.55. The van der Waals surface area contributed by atoms with Gasteiger partial charge in [0.25, 0.3) is 5.56 Å². The zero-order chi connectivity index (χ0) is 20.0. The number of benzene rings is 1. The van der Waals surface area contributed by atoms with Gasteiger partial charge in [-0.3, -0.25) is 14.5 Å². The highest BCUT2D eigenvalue weighted by Gasteiger charge is 2.32. The van der Waals surface area contributed by atoms with E-state index in [4.69, 9.17) is 9.15 Å². The summed E-state index contributed by atoms with van der Waals surface area (Å²) >= 11 is 3.46. The Balaban J connectivity index is 1.35. The molecule has 2 aliphatic rings. The number of likely N-dealkylation sites (tertiary alicyclic amines) is 1. The Morgan fingerprint density at radius 3 is 2.93 bits per heavy atom. The molecule has 2 saturated heterocycles. The molecule has 1 amide bonds. The van der Waals surface area contributed by atoms with Crippen molar-refractivity contribution in [2.45, 2.75) is 13.0 Å². The lowest BCUT2D eigenvalue weighted by molar-refractivity contribution is -0.139. The van der Waals surface area contributed by atoms with Crippen LogP contribution in [0.5, 0.6) is 0 Å². The van der Waals surface area contributed by atoms with E-state index in [-0.39, 0.29) is 23.0 Å². The number of nitrogens with one attached hydrogen (secondary N) is 1.